The van der Waals surface area contributed by atoms with Crippen LogP contribution in [-0.2, 0) is 19.1 Å². The fraction of sp³-hybridized carbons (Fsp3) is 0.636. The number of anilines is 1. The number of aliphatic hydroxyl groups excluding tert-OH is 1. The normalized spacial score (nSPS) is 28.8. The van der Waals surface area contributed by atoms with E-state index < -0.39 is 12.0 Å². The summed E-state index contributed by atoms with van der Waals surface area (Å²) in [4.78, 5) is 26.8. The van der Waals surface area contributed by atoms with Crippen molar-refractivity contribution in [3.05, 3.63) is 23.8 Å². The van der Waals surface area contributed by atoms with Gasteiger partial charge < -0.3 is 29.5 Å². The molecule has 30 heavy (non-hydrogen) atoms. The first-order valence-electron chi connectivity index (χ1n) is 10.6. The highest BCUT2D eigenvalue weighted by atomic mass is 16.5. The number of carbonyl (C=O) groups is 2. The van der Waals surface area contributed by atoms with Gasteiger partial charge in [0.25, 0.3) is 0 Å². The van der Waals surface area contributed by atoms with Gasteiger partial charge in [-0.15, -0.1) is 0 Å². The predicted octanol–water partition coefficient (Wildman–Crippen LogP) is 1.52. The van der Waals surface area contributed by atoms with E-state index in [4.69, 9.17) is 14.2 Å². The SMILES string of the molecule is CN(C)C(=O)C[C@H]1C[C@H]2c3cc(ccc3OC3CCOCC3)NC(=O)[C@H]2[C@H](CO)O1. The Morgan fingerprint density at radius 2 is 2.07 bits per heavy atom. The number of rotatable bonds is 5. The van der Waals surface area contributed by atoms with Crippen LogP contribution in [0.1, 0.15) is 37.2 Å². The van der Waals surface area contributed by atoms with Crippen LogP contribution in [0.3, 0.4) is 0 Å². The number of hydrogen-bond donors (Lipinski definition) is 2. The van der Waals surface area contributed by atoms with Crippen LogP contribution in [0.5, 0.6) is 5.75 Å². The van der Waals surface area contributed by atoms with Crippen molar-refractivity contribution in [3.8, 4) is 5.75 Å². The summed E-state index contributed by atoms with van der Waals surface area (Å²) in [5, 5.41) is 12.9. The van der Waals surface area contributed by atoms with Crippen molar-refractivity contribution in [3.63, 3.8) is 0 Å². The minimum atomic E-state index is -0.672. The van der Waals surface area contributed by atoms with E-state index in [0.29, 0.717) is 25.3 Å². The minimum absolute atomic E-state index is 0.0411. The zero-order chi connectivity index (χ0) is 21.3. The summed E-state index contributed by atoms with van der Waals surface area (Å²) in [7, 11) is 3.42. The molecule has 0 saturated carbocycles. The molecule has 3 aliphatic rings. The molecule has 2 fully saturated rings. The molecule has 4 rings (SSSR count). The molecule has 3 aliphatic heterocycles. The summed E-state index contributed by atoms with van der Waals surface area (Å²) >= 11 is 0. The lowest BCUT2D eigenvalue weighted by atomic mass is 9.76. The van der Waals surface area contributed by atoms with Crippen LogP contribution >= 0.6 is 0 Å². The van der Waals surface area contributed by atoms with Gasteiger partial charge in [0.05, 0.1) is 44.4 Å². The van der Waals surface area contributed by atoms with Gasteiger partial charge in [0, 0.05) is 44.1 Å². The van der Waals surface area contributed by atoms with E-state index in [1.54, 1.807) is 14.1 Å². The molecule has 0 aromatic heterocycles. The van der Waals surface area contributed by atoms with Gasteiger partial charge in [-0.3, -0.25) is 9.59 Å². The number of ether oxygens (including phenoxy) is 3. The standard InChI is InChI=1S/C22H30N2O6/c1-24(2)20(26)11-15-10-17-16-9-13(23-22(27)21(17)19(12-25)30-15)3-4-18(16)29-14-5-7-28-8-6-14/h3-4,9,14-15,17,19,21,25H,5-8,10-12H2,1-2H3,(H,23,27)/t15-,17+,19+,21-/m1/s1. The Hall–Kier alpha value is -2.16. The number of amides is 2. The summed E-state index contributed by atoms with van der Waals surface area (Å²) in [6, 6.07) is 5.71. The molecule has 0 radical (unpaired) electrons. The molecule has 1 aromatic rings. The van der Waals surface area contributed by atoms with Crippen LogP contribution < -0.4 is 10.1 Å². The Balaban J connectivity index is 1.64. The maximum atomic E-state index is 13.0. The zero-order valence-electron chi connectivity index (χ0n) is 17.5. The smallest absolute Gasteiger partial charge is 0.230 e. The van der Waals surface area contributed by atoms with Gasteiger partial charge in [0.1, 0.15) is 11.9 Å². The van der Waals surface area contributed by atoms with Crippen LogP contribution in [0.15, 0.2) is 18.2 Å². The molecule has 1 aromatic carbocycles. The molecule has 2 amide bonds. The summed E-state index contributed by atoms with van der Waals surface area (Å²) in [5.41, 5.74) is 1.65. The van der Waals surface area contributed by atoms with Crippen LogP contribution in [-0.4, -0.2) is 74.0 Å². The van der Waals surface area contributed by atoms with E-state index in [1.807, 2.05) is 18.2 Å². The van der Waals surface area contributed by atoms with E-state index in [1.165, 1.54) is 4.90 Å². The lowest BCUT2D eigenvalue weighted by Gasteiger charge is -2.40. The number of carbonyl (C=O) groups excluding carboxylic acids is 2. The highest BCUT2D eigenvalue weighted by Crippen LogP contribution is 2.46. The number of hydrogen-bond acceptors (Lipinski definition) is 6. The van der Waals surface area contributed by atoms with Crippen molar-refractivity contribution in [1.29, 1.82) is 0 Å². The molecule has 0 aliphatic carbocycles. The Morgan fingerprint density at radius 1 is 1.30 bits per heavy atom. The quantitative estimate of drug-likeness (QED) is 0.753. The summed E-state index contributed by atoms with van der Waals surface area (Å²) in [6.45, 7) is 1.08. The monoisotopic (exact) mass is 418 g/mol. The third kappa shape index (κ3) is 4.31. The lowest BCUT2D eigenvalue weighted by molar-refractivity contribution is -0.150. The Bertz CT molecular complexity index is 792. The third-order valence-corrected chi connectivity index (χ3v) is 6.24. The van der Waals surface area contributed by atoms with E-state index in [2.05, 4.69) is 5.32 Å². The van der Waals surface area contributed by atoms with Gasteiger partial charge in [-0.1, -0.05) is 0 Å². The fourth-order valence-electron chi connectivity index (χ4n) is 4.64. The maximum Gasteiger partial charge on any atom is 0.230 e. The molecule has 8 heteroatoms. The molecule has 8 nitrogen and oxygen atoms in total. The van der Waals surface area contributed by atoms with E-state index in [9.17, 15) is 14.7 Å². The van der Waals surface area contributed by atoms with Gasteiger partial charge in [-0.2, -0.15) is 0 Å². The second-order valence-corrected chi connectivity index (χ2v) is 8.51. The highest BCUT2D eigenvalue weighted by Gasteiger charge is 2.46. The van der Waals surface area contributed by atoms with Crippen molar-refractivity contribution in [2.75, 3.05) is 39.2 Å². The molecule has 2 bridgehead atoms. The fourth-order valence-corrected chi connectivity index (χ4v) is 4.64. The molecular formula is C22H30N2O6. The Morgan fingerprint density at radius 3 is 2.77 bits per heavy atom. The first-order valence-corrected chi connectivity index (χ1v) is 10.6. The first kappa shape index (κ1) is 21.1. The van der Waals surface area contributed by atoms with Crippen molar-refractivity contribution < 1.29 is 28.9 Å². The van der Waals surface area contributed by atoms with Gasteiger partial charge in [0.2, 0.25) is 11.8 Å². The highest BCUT2D eigenvalue weighted by molar-refractivity contribution is 5.95. The Labute approximate surface area is 176 Å². The summed E-state index contributed by atoms with van der Waals surface area (Å²) in [5.74, 6) is -0.200. The van der Waals surface area contributed by atoms with Crippen molar-refractivity contribution in [1.82, 2.24) is 4.90 Å². The predicted molar refractivity (Wildman–Crippen MR) is 109 cm³/mol. The molecule has 2 saturated heterocycles. The van der Waals surface area contributed by atoms with E-state index >= 15 is 0 Å². The van der Waals surface area contributed by atoms with Gasteiger partial charge in [-0.05, 0) is 24.6 Å². The maximum absolute atomic E-state index is 13.0. The number of aliphatic hydroxyl groups is 1. The van der Waals surface area contributed by atoms with Crippen molar-refractivity contribution in [2.24, 2.45) is 5.92 Å². The van der Waals surface area contributed by atoms with Crippen molar-refractivity contribution in [2.45, 2.75) is 49.9 Å². The molecule has 164 valence electrons. The molecule has 0 spiro atoms. The number of nitrogens with one attached hydrogen (secondary N) is 1. The van der Waals surface area contributed by atoms with E-state index in [0.717, 1.165) is 24.2 Å². The Kier molecular flexibility index (Phi) is 6.26. The zero-order valence-corrected chi connectivity index (χ0v) is 17.5. The topological polar surface area (TPSA) is 97.3 Å². The van der Waals surface area contributed by atoms with Crippen LogP contribution in [0.4, 0.5) is 5.69 Å². The van der Waals surface area contributed by atoms with Gasteiger partial charge in [-0.25, -0.2) is 0 Å². The van der Waals surface area contributed by atoms with E-state index in [-0.39, 0.29) is 43.0 Å². The number of nitrogens with zero attached hydrogens (tertiary/aromatic N) is 1. The van der Waals surface area contributed by atoms with Crippen LogP contribution in [0, 0.1) is 5.92 Å². The van der Waals surface area contributed by atoms with Crippen LogP contribution in [0.2, 0.25) is 0 Å². The van der Waals surface area contributed by atoms with Crippen molar-refractivity contribution >= 4 is 17.5 Å². The molecule has 0 unspecified atom stereocenters. The largest absolute Gasteiger partial charge is 0.490 e. The molecule has 3 heterocycles. The minimum Gasteiger partial charge on any atom is -0.490 e. The number of fused-ring (bicyclic) bond motifs is 4. The van der Waals surface area contributed by atoms with Gasteiger partial charge in [0.15, 0.2) is 0 Å². The summed E-state index contributed by atoms with van der Waals surface area (Å²) < 4.78 is 17.8. The number of benzene rings is 1. The second-order valence-electron chi connectivity index (χ2n) is 8.51. The molecular weight excluding hydrogens is 388 g/mol. The summed E-state index contributed by atoms with van der Waals surface area (Å²) in [6.07, 6.45) is 1.42. The molecule has 4 atom stereocenters. The molecule has 2 N–H and O–H groups in total. The first-order chi connectivity index (χ1) is 14.5. The average Bonchev–Trinajstić information content (AvgIpc) is 2.85. The van der Waals surface area contributed by atoms with Crippen LogP contribution in [0.25, 0.3) is 0 Å². The second kappa shape index (κ2) is 8.91. The average molecular weight is 418 g/mol. The van der Waals surface area contributed by atoms with Gasteiger partial charge >= 0.3 is 0 Å². The third-order valence-electron chi connectivity index (χ3n) is 6.24. The lowest BCUT2D eigenvalue weighted by Crippen LogP contribution is -2.48.